The average Bonchev–Trinajstić information content (AvgIpc) is 2.37. The number of halogens is 2. The summed E-state index contributed by atoms with van der Waals surface area (Å²) in [4.78, 5) is 7.08. The molecule has 11 heavy (non-hydrogen) atoms. The third kappa shape index (κ3) is 1.44. The lowest BCUT2D eigenvalue weighted by atomic mass is 10.1. The average molecular weight is 160 g/mol. The van der Waals surface area contributed by atoms with E-state index < -0.39 is 11.8 Å². The fraction of sp³-hybridized carbons (Fsp3) is 0.714. The Morgan fingerprint density at radius 1 is 1.55 bits per heavy atom. The van der Waals surface area contributed by atoms with Gasteiger partial charge in [-0.25, -0.2) is 4.99 Å². The summed E-state index contributed by atoms with van der Waals surface area (Å²) < 4.78 is 26.0. The fourth-order valence-corrected chi connectivity index (χ4v) is 0.745. The van der Waals surface area contributed by atoms with Gasteiger partial charge < -0.3 is 0 Å². The van der Waals surface area contributed by atoms with Crippen molar-refractivity contribution in [1.82, 2.24) is 0 Å². The van der Waals surface area contributed by atoms with Crippen molar-refractivity contribution in [3.8, 4) is 0 Å². The van der Waals surface area contributed by atoms with E-state index in [4.69, 9.17) is 0 Å². The maximum absolute atomic E-state index is 13.0. The van der Waals surface area contributed by atoms with E-state index in [1.54, 1.807) is 0 Å². The van der Waals surface area contributed by atoms with Gasteiger partial charge in [-0.2, -0.15) is 8.78 Å². The van der Waals surface area contributed by atoms with E-state index in [1.165, 1.54) is 20.1 Å². The highest BCUT2D eigenvalue weighted by molar-refractivity contribution is 5.99. The van der Waals surface area contributed by atoms with Gasteiger partial charge in [-0.1, -0.05) is 13.8 Å². The molecule has 0 aliphatic carbocycles. The summed E-state index contributed by atoms with van der Waals surface area (Å²) in [5, 5.41) is 0. The lowest BCUT2D eigenvalue weighted by molar-refractivity contribution is 0.0271. The highest BCUT2D eigenvalue weighted by Gasteiger charge is 2.40. The van der Waals surface area contributed by atoms with Gasteiger partial charge in [0.25, 0.3) is 0 Å². The van der Waals surface area contributed by atoms with Crippen LogP contribution in [0, 0.1) is 5.92 Å². The molecule has 0 bridgehead atoms. The minimum Gasteiger partial charge on any atom is -0.259 e. The molecule has 0 N–H and O–H groups in total. The van der Waals surface area contributed by atoms with Crippen LogP contribution in [-0.4, -0.2) is 24.5 Å². The van der Waals surface area contributed by atoms with Crippen LogP contribution >= 0.6 is 0 Å². The lowest BCUT2D eigenvalue weighted by Gasteiger charge is -2.17. The Morgan fingerprint density at radius 2 is 2.18 bits per heavy atom. The first kappa shape index (κ1) is 8.30. The molecule has 0 saturated carbocycles. The van der Waals surface area contributed by atoms with Crippen molar-refractivity contribution in [2.24, 2.45) is 15.9 Å². The molecular weight excluding hydrogens is 150 g/mol. The van der Waals surface area contributed by atoms with Crippen molar-refractivity contribution in [2.45, 2.75) is 19.8 Å². The number of rotatable bonds is 2. The Bertz CT molecular complexity index is 206. The van der Waals surface area contributed by atoms with Gasteiger partial charge >= 0.3 is 5.92 Å². The predicted octanol–water partition coefficient (Wildman–Crippen LogP) is 1.76. The highest BCUT2D eigenvalue weighted by Crippen LogP contribution is 2.27. The number of amidine groups is 1. The zero-order chi connectivity index (χ0) is 8.48. The van der Waals surface area contributed by atoms with Crippen molar-refractivity contribution in [3.63, 3.8) is 0 Å². The van der Waals surface area contributed by atoms with Gasteiger partial charge in [0.2, 0.25) is 0 Å². The van der Waals surface area contributed by atoms with Crippen LogP contribution < -0.4 is 0 Å². The smallest absolute Gasteiger partial charge is 0.259 e. The minimum atomic E-state index is -2.87. The molecule has 0 amide bonds. The highest BCUT2D eigenvalue weighted by atomic mass is 19.3. The van der Waals surface area contributed by atoms with E-state index in [0.717, 1.165) is 0 Å². The zero-order valence-electron chi connectivity index (χ0n) is 6.51. The molecule has 2 nitrogen and oxygen atoms in total. The predicted molar refractivity (Wildman–Crippen MR) is 40.6 cm³/mol. The summed E-state index contributed by atoms with van der Waals surface area (Å²) in [7, 11) is 0. The molecule has 4 heteroatoms. The van der Waals surface area contributed by atoms with Crippen LogP contribution in [0.25, 0.3) is 0 Å². The monoisotopic (exact) mass is 160 g/mol. The molecule has 0 saturated heterocycles. The number of nitrogens with zero attached hydrogens (tertiary/aromatic N) is 2. The normalized spacial score (nSPS) is 17.7. The van der Waals surface area contributed by atoms with E-state index in [1.807, 2.05) is 0 Å². The summed E-state index contributed by atoms with van der Waals surface area (Å²) in [6.45, 7) is 3.20. The molecule has 0 unspecified atom stereocenters. The summed E-state index contributed by atoms with van der Waals surface area (Å²) in [6.07, 6.45) is 1.39. The Morgan fingerprint density at radius 3 is 2.55 bits per heavy atom. The van der Waals surface area contributed by atoms with E-state index in [0.29, 0.717) is 0 Å². The van der Waals surface area contributed by atoms with Crippen LogP contribution in [0.15, 0.2) is 9.98 Å². The van der Waals surface area contributed by atoms with Gasteiger partial charge in [0.1, 0.15) is 0 Å². The standard InChI is InChI=1S/C7H10F2N2/c1-5(2)7(8,9)6-10-3-4-11-6/h3,5H,4H2,1-2H3. The molecule has 0 spiro atoms. The van der Waals surface area contributed by atoms with Crippen molar-refractivity contribution < 1.29 is 8.78 Å². The van der Waals surface area contributed by atoms with E-state index in [-0.39, 0.29) is 12.4 Å². The van der Waals surface area contributed by atoms with Gasteiger partial charge in [0, 0.05) is 12.1 Å². The van der Waals surface area contributed by atoms with Crippen LogP contribution in [0.1, 0.15) is 13.8 Å². The molecule has 0 aromatic heterocycles. The number of hydrogen-bond acceptors (Lipinski definition) is 2. The van der Waals surface area contributed by atoms with Crippen LogP contribution in [0.3, 0.4) is 0 Å². The topological polar surface area (TPSA) is 24.7 Å². The van der Waals surface area contributed by atoms with Crippen LogP contribution in [0.2, 0.25) is 0 Å². The van der Waals surface area contributed by atoms with Crippen molar-refractivity contribution in [2.75, 3.05) is 6.54 Å². The number of alkyl halides is 2. The Kier molecular flexibility index (Phi) is 2.02. The van der Waals surface area contributed by atoms with Crippen molar-refractivity contribution in [1.29, 1.82) is 0 Å². The van der Waals surface area contributed by atoms with E-state index >= 15 is 0 Å². The lowest BCUT2D eigenvalue weighted by Crippen LogP contribution is -2.32. The summed E-state index contributed by atoms with van der Waals surface area (Å²) in [6, 6.07) is 0. The van der Waals surface area contributed by atoms with Crippen molar-refractivity contribution in [3.05, 3.63) is 0 Å². The van der Waals surface area contributed by atoms with Crippen molar-refractivity contribution >= 4 is 12.1 Å². The second-order valence-electron chi connectivity index (χ2n) is 2.75. The first-order chi connectivity index (χ1) is 5.05. The zero-order valence-corrected chi connectivity index (χ0v) is 6.51. The number of aliphatic imine (C=N–C) groups is 2. The van der Waals surface area contributed by atoms with Crippen LogP contribution in [0.5, 0.6) is 0 Å². The summed E-state index contributed by atoms with van der Waals surface area (Å²) >= 11 is 0. The minimum absolute atomic E-state index is 0.289. The Hall–Kier alpha value is -0.800. The van der Waals surface area contributed by atoms with Crippen LogP contribution in [-0.2, 0) is 0 Å². The maximum Gasteiger partial charge on any atom is 0.308 e. The van der Waals surface area contributed by atoms with Gasteiger partial charge in [-0.15, -0.1) is 0 Å². The van der Waals surface area contributed by atoms with Gasteiger partial charge in [0.15, 0.2) is 5.84 Å². The molecule has 0 radical (unpaired) electrons. The molecule has 1 heterocycles. The third-order valence-electron chi connectivity index (χ3n) is 1.56. The molecule has 0 atom stereocenters. The quantitative estimate of drug-likeness (QED) is 0.588. The Balaban J connectivity index is 2.79. The summed E-state index contributed by atoms with van der Waals surface area (Å²) in [5.74, 6) is -3.93. The molecule has 0 fully saturated rings. The van der Waals surface area contributed by atoms with E-state index in [2.05, 4.69) is 9.98 Å². The Labute approximate surface area is 64.0 Å². The molecule has 1 aliphatic heterocycles. The number of hydrogen-bond donors (Lipinski definition) is 0. The molecule has 62 valence electrons. The van der Waals surface area contributed by atoms with Crippen LogP contribution in [0.4, 0.5) is 8.78 Å². The molecule has 1 aliphatic rings. The van der Waals surface area contributed by atoms with Gasteiger partial charge in [-0.05, 0) is 0 Å². The maximum atomic E-state index is 13.0. The second-order valence-corrected chi connectivity index (χ2v) is 2.75. The molecule has 0 aromatic carbocycles. The first-order valence-corrected chi connectivity index (χ1v) is 3.50. The largest absolute Gasteiger partial charge is 0.308 e. The molecule has 0 aromatic rings. The first-order valence-electron chi connectivity index (χ1n) is 3.50. The molecule has 1 rings (SSSR count). The van der Waals surface area contributed by atoms with Gasteiger partial charge in [-0.3, -0.25) is 4.99 Å². The fourth-order valence-electron chi connectivity index (χ4n) is 0.745. The second kappa shape index (κ2) is 2.68. The van der Waals surface area contributed by atoms with E-state index in [9.17, 15) is 8.78 Å². The SMILES string of the molecule is CC(C)C(F)(F)C1=NCC=N1. The third-order valence-corrected chi connectivity index (χ3v) is 1.56. The summed E-state index contributed by atoms with van der Waals surface area (Å²) in [5.41, 5.74) is 0. The van der Waals surface area contributed by atoms with Gasteiger partial charge in [0.05, 0.1) is 6.54 Å². The molecular formula is C7H10F2N2.